The molecule has 218 valence electrons. The molecule has 2 atom stereocenters. The molecular formula is C31H44N4O5. The fraction of sp³-hybridized carbons (Fsp3) is 0.484. The lowest BCUT2D eigenvalue weighted by Crippen LogP contribution is -2.53. The summed E-state index contributed by atoms with van der Waals surface area (Å²) >= 11 is 0. The largest absolute Gasteiger partial charge is 0.444 e. The maximum Gasteiger partial charge on any atom is 0.408 e. The normalized spacial score (nSPS) is 12.7. The van der Waals surface area contributed by atoms with E-state index in [0.29, 0.717) is 17.7 Å². The van der Waals surface area contributed by atoms with Crippen molar-refractivity contribution in [1.29, 1.82) is 0 Å². The maximum absolute atomic E-state index is 14.2. The van der Waals surface area contributed by atoms with E-state index in [0.717, 1.165) is 22.3 Å². The highest BCUT2D eigenvalue weighted by Crippen LogP contribution is 2.30. The predicted octanol–water partition coefficient (Wildman–Crippen LogP) is 5.00. The van der Waals surface area contributed by atoms with Crippen LogP contribution in [0.3, 0.4) is 0 Å². The van der Waals surface area contributed by atoms with Crippen molar-refractivity contribution in [3.05, 3.63) is 64.2 Å². The molecule has 0 radical (unpaired) electrons. The average Bonchev–Trinajstić information content (AvgIpc) is 2.84. The van der Waals surface area contributed by atoms with Crippen LogP contribution in [-0.2, 0) is 19.1 Å². The third-order valence-electron chi connectivity index (χ3n) is 6.43. The van der Waals surface area contributed by atoms with Crippen molar-refractivity contribution in [2.24, 2.45) is 5.73 Å². The summed E-state index contributed by atoms with van der Waals surface area (Å²) in [6.45, 7) is 14.9. The predicted molar refractivity (Wildman–Crippen MR) is 157 cm³/mol. The topological polar surface area (TPSA) is 131 Å². The monoisotopic (exact) mass is 552 g/mol. The van der Waals surface area contributed by atoms with E-state index in [-0.39, 0.29) is 25.3 Å². The molecule has 0 aliphatic rings. The lowest BCUT2D eigenvalue weighted by molar-refractivity contribution is -0.141. The standard InChI is InChI=1S/C31H44N4O5/c1-9-17-35(29(38)24(15-16-25(32)36)33-30(39)40-31(6,7)8)27(23-18-19(2)13-14-20(23)3)28(37)34-26-21(4)11-10-12-22(26)5/h10-14,18,24,27H,9,15-17H2,1-8H3,(H2,32,36)(H,33,39)(H,34,37). The SMILES string of the molecule is CCCN(C(=O)C(CCC(N)=O)NC(=O)OC(C)(C)C)C(C(=O)Nc1c(C)cccc1C)c1cc(C)ccc1C. The molecule has 0 fully saturated rings. The Kier molecular flexibility index (Phi) is 11.3. The highest BCUT2D eigenvalue weighted by atomic mass is 16.6. The first-order valence-electron chi connectivity index (χ1n) is 13.7. The summed E-state index contributed by atoms with van der Waals surface area (Å²) in [5.41, 5.74) is 9.52. The smallest absolute Gasteiger partial charge is 0.408 e. The third kappa shape index (κ3) is 9.10. The third-order valence-corrected chi connectivity index (χ3v) is 6.43. The Hall–Kier alpha value is -3.88. The first kappa shape index (κ1) is 32.3. The molecule has 2 aromatic rings. The molecule has 0 saturated carbocycles. The minimum atomic E-state index is -1.13. The van der Waals surface area contributed by atoms with Gasteiger partial charge in [-0.15, -0.1) is 0 Å². The van der Waals surface area contributed by atoms with Gasteiger partial charge in [-0.25, -0.2) is 4.79 Å². The first-order valence-corrected chi connectivity index (χ1v) is 13.7. The van der Waals surface area contributed by atoms with Crippen LogP contribution in [0.4, 0.5) is 10.5 Å². The van der Waals surface area contributed by atoms with Gasteiger partial charge in [0.05, 0.1) is 0 Å². The Morgan fingerprint density at radius 2 is 1.60 bits per heavy atom. The molecule has 9 heteroatoms. The number of anilines is 1. The van der Waals surface area contributed by atoms with E-state index in [9.17, 15) is 19.2 Å². The van der Waals surface area contributed by atoms with E-state index in [1.807, 2.05) is 71.0 Å². The van der Waals surface area contributed by atoms with E-state index < -0.39 is 35.6 Å². The first-order chi connectivity index (χ1) is 18.6. The molecule has 0 spiro atoms. The summed E-state index contributed by atoms with van der Waals surface area (Å²) in [5.74, 6) is -1.49. The summed E-state index contributed by atoms with van der Waals surface area (Å²) in [4.78, 5) is 54.1. The fourth-order valence-corrected chi connectivity index (χ4v) is 4.51. The zero-order valence-electron chi connectivity index (χ0n) is 25.0. The number of alkyl carbamates (subject to hydrolysis) is 1. The number of ether oxygens (including phenoxy) is 1. The van der Waals surface area contributed by atoms with Gasteiger partial charge in [0.1, 0.15) is 17.7 Å². The molecule has 0 heterocycles. The van der Waals surface area contributed by atoms with Crippen molar-refractivity contribution in [3.8, 4) is 0 Å². The fourth-order valence-electron chi connectivity index (χ4n) is 4.51. The molecule has 4 N–H and O–H groups in total. The van der Waals surface area contributed by atoms with Crippen LogP contribution in [0.15, 0.2) is 36.4 Å². The van der Waals surface area contributed by atoms with E-state index in [1.165, 1.54) is 4.90 Å². The molecule has 0 saturated heterocycles. The molecule has 9 nitrogen and oxygen atoms in total. The van der Waals surface area contributed by atoms with Gasteiger partial charge < -0.3 is 26.0 Å². The summed E-state index contributed by atoms with van der Waals surface area (Å²) in [6, 6.07) is 9.38. The number of amides is 4. The van der Waals surface area contributed by atoms with Crippen molar-refractivity contribution in [2.45, 2.75) is 92.3 Å². The second-order valence-corrected chi connectivity index (χ2v) is 11.3. The summed E-state index contributed by atoms with van der Waals surface area (Å²) in [7, 11) is 0. The lowest BCUT2D eigenvalue weighted by atomic mass is 9.95. The molecule has 0 aliphatic heterocycles. The lowest BCUT2D eigenvalue weighted by Gasteiger charge is -2.35. The Labute approximate surface area is 237 Å². The van der Waals surface area contributed by atoms with E-state index >= 15 is 0 Å². The number of nitrogens with one attached hydrogen (secondary N) is 2. The molecule has 2 aromatic carbocycles. The number of hydrogen-bond acceptors (Lipinski definition) is 5. The zero-order chi connectivity index (χ0) is 30.2. The van der Waals surface area contributed by atoms with Crippen molar-refractivity contribution < 1.29 is 23.9 Å². The van der Waals surface area contributed by atoms with Crippen LogP contribution in [0.2, 0.25) is 0 Å². The van der Waals surface area contributed by atoms with E-state index in [4.69, 9.17) is 10.5 Å². The quantitative estimate of drug-likeness (QED) is 0.361. The molecule has 0 aromatic heterocycles. The Balaban J connectivity index is 2.61. The average molecular weight is 553 g/mol. The van der Waals surface area contributed by atoms with Crippen LogP contribution < -0.4 is 16.4 Å². The van der Waals surface area contributed by atoms with Gasteiger partial charge in [0, 0.05) is 18.7 Å². The second kappa shape index (κ2) is 14.0. The van der Waals surface area contributed by atoms with Crippen LogP contribution in [0, 0.1) is 27.7 Å². The van der Waals surface area contributed by atoms with Crippen LogP contribution in [0.5, 0.6) is 0 Å². The van der Waals surface area contributed by atoms with Gasteiger partial charge in [-0.1, -0.05) is 48.9 Å². The number of hydrogen-bond donors (Lipinski definition) is 3. The van der Waals surface area contributed by atoms with Gasteiger partial charge in [-0.05, 0) is 83.6 Å². The molecule has 0 bridgehead atoms. The van der Waals surface area contributed by atoms with Crippen LogP contribution in [0.1, 0.15) is 80.8 Å². The summed E-state index contributed by atoms with van der Waals surface area (Å²) in [6.07, 6.45) is -0.408. The summed E-state index contributed by atoms with van der Waals surface area (Å²) < 4.78 is 5.38. The van der Waals surface area contributed by atoms with Gasteiger partial charge in [0.15, 0.2) is 0 Å². The number of nitrogens with zero attached hydrogens (tertiary/aromatic N) is 1. The van der Waals surface area contributed by atoms with Gasteiger partial charge >= 0.3 is 6.09 Å². The molecule has 2 rings (SSSR count). The number of carbonyl (C=O) groups is 4. The van der Waals surface area contributed by atoms with Crippen LogP contribution >= 0.6 is 0 Å². The van der Waals surface area contributed by atoms with Crippen molar-refractivity contribution in [3.63, 3.8) is 0 Å². The van der Waals surface area contributed by atoms with Crippen LogP contribution in [-0.4, -0.2) is 46.9 Å². The molecular weight excluding hydrogens is 508 g/mol. The van der Waals surface area contributed by atoms with Crippen molar-refractivity contribution in [2.75, 3.05) is 11.9 Å². The number of aryl methyl sites for hydroxylation is 4. The number of benzene rings is 2. The molecule has 40 heavy (non-hydrogen) atoms. The number of primary amides is 1. The zero-order valence-corrected chi connectivity index (χ0v) is 25.0. The Morgan fingerprint density at radius 3 is 2.15 bits per heavy atom. The van der Waals surface area contributed by atoms with Gasteiger partial charge in [0.25, 0.3) is 5.91 Å². The second-order valence-electron chi connectivity index (χ2n) is 11.3. The number of nitrogens with two attached hydrogens (primary N) is 1. The minimum absolute atomic E-state index is 0.0360. The Bertz CT molecular complexity index is 1210. The molecule has 4 amide bonds. The van der Waals surface area contributed by atoms with Gasteiger partial charge in [-0.3, -0.25) is 14.4 Å². The Morgan fingerprint density at radius 1 is 0.975 bits per heavy atom. The van der Waals surface area contributed by atoms with Crippen LogP contribution in [0.25, 0.3) is 0 Å². The molecule has 2 unspecified atom stereocenters. The highest BCUT2D eigenvalue weighted by molar-refractivity contribution is 6.00. The maximum atomic E-state index is 14.2. The van der Waals surface area contributed by atoms with Gasteiger partial charge in [-0.2, -0.15) is 0 Å². The van der Waals surface area contributed by atoms with Gasteiger partial charge in [0.2, 0.25) is 11.8 Å². The van der Waals surface area contributed by atoms with Crippen molar-refractivity contribution in [1.82, 2.24) is 10.2 Å². The van der Waals surface area contributed by atoms with E-state index in [2.05, 4.69) is 10.6 Å². The number of rotatable bonds is 11. The summed E-state index contributed by atoms with van der Waals surface area (Å²) in [5, 5.41) is 5.67. The highest BCUT2D eigenvalue weighted by Gasteiger charge is 2.37. The number of carbonyl (C=O) groups excluding carboxylic acids is 4. The van der Waals surface area contributed by atoms with Crippen molar-refractivity contribution >= 4 is 29.5 Å². The number of para-hydroxylation sites is 1. The molecule has 0 aliphatic carbocycles. The van der Waals surface area contributed by atoms with E-state index in [1.54, 1.807) is 20.8 Å². The minimum Gasteiger partial charge on any atom is -0.444 e.